The van der Waals surface area contributed by atoms with Crippen LogP contribution in [0, 0.1) is 18.8 Å². The van der Waals surface area contributed by atoms with Gasteiger partial charge < -0.3 is 0 Å². The van der Waals surface area contributed by atoms with Gasteiger partial charge in [0.05, 0.1) is 0 Å². The molecule has 176 valence electrons. The summed E-state index contributed by atoms with van der Waals surface area (Å²) >= 11 is 3.55. The minimum Gasteiger partial charge on any atom is -0.101 e. The smallest absolute Gasteiger partial charge is 0.0324 e. The van der Waals surface area contributed by atoms with Crippen LogP contribution in [0.15, 0.2) is 120 Å². The first-order valence-corrected chi connectivity index (χ1v) is 13.3. The quantitative estimate of drug-likeness (QED) is 0.156. The SMILES string of the molecule is CC#Cc1ccc(-c2cccc(-c3ccc(Br)cc3)c2)cc1-c1c(C)c2ccccc2c2ccccc12. The third-order valence-electron chi connectivity index (χ3n) is 7.11. The summed E-state index contributed by atoms with van der Waals surface area (Å²) in [5.41, 5.74) is 9.57. The highest BCUT2D eigenvalue weighted by Gasteiger charge is 2.16. The van der Waals surface area contributed by atoms with Gasteiger partial charge in [0.15, 0.2) is 0 Å². The van der Waals surface area contributed by atoms with Gasteiger partial charge in [-0.3, -0.25) is 0 Å². The summed E-state index contributed by atoms with van der Waals surface area (Å²) in [7, 11) is 0. The maximum atomic E-state index is 3.55. The van der Waals surface area contributed by atoms with E-state index in [0.29, 0.717) is 0 Å². The first kappa shape index (κ1) is 23.3. The molecule has 0 amide bonds. The molecular weight excluding hydrogens is 512 g/mol. The lowest BCUT2D eigenvalue weighted by atomic mass is 9.85. The highest BCUT2D eigenvalue weighted by atomic mass is 79.9. The van der Waals surface area contributed by atoms with E-state index in [-0.39, 0.29) is 0 Å². The Morgan fingerprint density at radius 2 is 1.11 bits per heavy atom. The van der Waals surface area contributed by atoms with Crippen LogP contribution in [0.3, 0.4) is 0 Å². The summed E-state index contributed by atoms with van der Waals surface area (Å²) < 4.78 is 1.09. The van der Waals surface area contributed by atoms with Crippen molar-refractivity contribution in [2.45, 2.75) is 13.8 Å². The first-order valence-electron chi connectivity index (χ1n) is 12.5. The summed E-state index contributed by atoms with van der Waals surface area (Å²) in [4.78, 5) is 0. The molecule has 6 aromatic carbocycles. The average molecular weight is 538 g/mol. The van der Waals surface area contributed by atoms with Gasteiger partial charge in [0.2, 0.25) is 0 Å². The molecule has 0 spiro atoms. The van der Waals surface area contributed by atoms with Gasteiger partial charge in [0.25, 0.3) is 0 Å². The van der Waals surface area contributed by atoms with Gasteiger partial charge in [-0.25, -0.2) is 0 Å². The fourth-order valence-corrected chi connectivity index (χ4v) is 5.62. The molecule has 0 saturated carbocycles. The molecule has 0 unspecified atom stereocenters. The minimum atomic E-state index is 1.05. The third-order valence-corrected chi connectivity index (χ3v) is 7.64. The molecule has 0 radical (unpaired) electrons. The minimum absolute atomic E-state index is 1.05. The van der Waals surface area contributed by atoms with Crippen molar-refractivity contribution in [3.63, 3.8) is 0 Å². The van der Waals surface area contributed by atoms with Crippen molar-refractivity contribution >= 4 is 37.5 Å². The van der Waals surface area contributed by atoms with Crippen molar-refractivity contribution in [1.29, 1.82) is 0 Å². The van der Waals surface area contributed by atoms with Gasteiger partial charge in [-0.1, -0.05) is 107 Å². The topological polar surface area (TPSA) is 0 Å². The molecule has 6 aromatic rings. The fourth-order valence-electron chi connectivity index (χ4n) is 5.36. The molecule has 0 saturated heterocycles. The molecule has 0 aliphatic heterocycles. The van der Waals surface area contributed by atoms with Crippen LogP contribution in [0.5, 0.6) is 0 Å². The maximum Gasteiger partial charge on any atom is 0.0324 e. The number of hydrogen-bond acceptors (Lipinski definition) is 0. The van der Waals surface area contributed by atoms with E-state index in [2.05, 4.69) is 150 Å². The number of aryl methyl sites for hydroxylation is 1. The van der Waals surface area contributed by atoms with Crippen LogP contribution in [0.2, 0.25) is 0 Å². The van der Waals surface area contributed by atoms with Gasteiger partial charge in [-0.2, -0.15) is 0 Å². The zero-order valence-electron chi connectivity index (χ0n) is 20.8. The van der Waals surface area contributed by atoms with Crippen molar-refractivity contribution in [2.24, 2.45) is 0 Å². The van der Waals surface area contributed by atoms with E-state index < -0.39 is 0 Å². The van der Waals surface area contributed by atoms with E-state index in [9.17, 15) is 0 Å². The fraction of sp³-hybridized carbons (Fsp3) is 0.0556. The normalized spacial score (nSPS) is 10.9. The molecule has 6 rings (SSSR count). The van der Waals surface area contributed by atoms with E-state index >= 15 is 0 Å². The van der Waals surface area contributed by atoms with E-state index in [1.54, 1.807) is 0 Å². The van der Waals surface area contributed by atoms with Crippen LogP contribution in [-0.2, 0) is 0 Å². The zero-order valence-corrected chi connectivity index (χ0v) is 22.4. The van der Waals surface area contributed by atoms with Crippen LogP contribution >= 0.6 is 15.9 Å². The molecule has 0 fully saturated rings. The Morgan fingerprint density at radius 3 is 1.81 bits per heavy atom. The molecule has 0 atom stereocenters. The van der Waals surface area contributed by atoms with Crippen LogP contribution in [0.1, 0.15) is 18.1 Å². The molecule has 0 N–H and O–H groups in total. The van der Waals surface area contributed by atoms with Crippen LogP contribution in [0.4, 0.5) is 0 Å². The monoisotopic (exact) mass is 536 g/mol. The Balaban J connectivity index is 1.60. The second-order valence-corrected chi connectivity index (χ2v) is 10.2. The highest BCUT2D eigenvalue weighted by molar-refractivity contribution is 9.10. The number of fused-ring (bicyclic) bond motifs is 3. The summed E-state index contributed by atoms with van der Waals surface area (Å²) in [6.07, 6.45) is 0. The van der Waals surface area contributed by atoms with Gasteiger partial charge in [-0.05, 0) is 105 Å². The van der Waals surface area contributed by atoms with Crippen LogP contribution < -0.4 is 0 Å². The number of rotatable bonds is 3. The molecule has 0 aliphatic rings. The lowest BCUT2D eigenvalue weighted by molar-refractivity contribution is 1.51. The molecule has 0 bridgehead atoms. The van der Waals surface area contributed by atoms with Crippen molar-refractivity contribution in [1.82, 2.24) is 0 Å². The van der Waals surface area contributed by atoms with Crippen LogP contribution in [-0.4, -0.2) is 0 Å². The predicted octanol–water partition coefficient (Wildman–Crippen LogP) is 10.4. The zero-order chi connectivity index (χ0) is 25.4. The molecule has 0 aliphatic carbocycles. The van der Waals surface area contributed by atoms with Crippen molar-refractivity contribution in [3.8, 4) is 45.2 Å². The lowest BCUT2D eigenvalue weighted by Gasteiger charge is -2.18. The molecular formula is C36H25Br. The Kier molecular flexibility index (Phi) is 6.13. The third kappa shape index (κ3) is 4.25. The molecule has 37 heavy (non-hydrogen) atoms. The second-order valence-electron chi connectivity index (χ2n) is 9.31. The van der Waals surface area contributed by atoms with Gasteiger partial charge >= 0.3 is 0 Å². The predicted molar refractivity (Wildman–Crippen MR) is 163 cm³/mol. The first-order chi connectivity index (χ1) is 18.1. The molecule has 0 aromatic heterocycles. The van der Waals surface area contributed by atoms with Crippen molar-refractivity contribution < 1.29 is 0 Å². The molecule has 1 heteroatoms. The van der Waals surface area contributed by atoms with E-state index in [0.717, 1.165) is 10.0 Å². The number of halogens is 1. The largest absolute Gasteiger partial charge is 0.101 e. The standard InChI is InChI=1S/C36H25Br/c1-3-9-26-16-17-29(28-11-8-10-27(22-28)25-18-20-30(37)21-19-25)23-35(26)36-24(2)31-12-4-5-13-32(31)33-14-6-7-15-34(33)36/h4-8,10-23H,1-2H3. The van der Waals surface area contributed by atoms with E-state index in [4.69, 9.17) is 0 Å². The van der Waals surface area contributed by atoms with Gasteiger partial charge in [0, 0.05) is 10.0 Å². The summed E-state index contributed by atoms with van der Waals surface area (Å²) in [6, 6.07) is 41.4. The van der Waals surface area contributed by atoms with E-state index in [1.807, 2.05) is 6.92 Å². The maximum absolute atomic E-state index is 3.55. The molecule has 0 heterocycles. The number of benzene rings is 6. The van der Waals surface area contributed by atoms with Crippen molar-refractivity contribution in [3.05, 3.63) is 131 Å². The summed E-state index contributed by atoms with van der Waals surface area (Å²) in [6.45, 7) is 4.15. The van der Waals surface area contributed by atoms with Crippen molar-refractivity contribution in [2.75, 3.05) is 0 Å². The average Bonchev–Trinajstić information content (AvgIpc) is 2.94. The Bertz CT molecular complexity index is 1850. The summed E-state index contributed by atoms with van der Waals surface area (Å²) in [5, 5.41) is 5.12. The van der Waals surface area contributed by atoms with Gasteiger partial charge in [-0.15, -0.1) is 5.92 Å². The Morgan fingerprint density at radius 1 is 0.541 bits per heavy atom. The second kappa shape index (κ2) is 9.74. The van der Waals surface area contributed by atoms with Crippen LogP contribution in [0.25, 0.3) is 54.9 Å². The lowest BCUT2D eigenvalue weighted by Crippen LogP contribution is -1.94. The molecule has 0 nitrogen and oxygen atoms in total. The van der Waals surface area contributed by atoms with Gasteiger partial charge in [0.1, 0.15) is 0 Å². The summed E-state index contributed by atoms with van der Waals surface area (Å²) in [5.74, 6) is 6.52. The Hall–Kier alpha value is -4.12. The van der Waals surface area contributed by atoms with E-state index in [1.165, 1.54) is 60.5 Å². The number of hydrogen-bond donors (Lipinski definition) is 0. The highest BCUT2D eigenvalue weighted by Crippen LogP contribution is 2.41. The Labute approximate surface area is 226 Å².